The lowest BCUT2D eigenvalue weighted by Gasteiger charge is -2.34. The molecule has 1 aliphatic rings. The largest absolute Gasteiger partial charge is 0.493 e. The lowest BCUT2D eigenvalue weighted by atomic mass is 9.97. The monoisotopic (exact) mass is 519 g/mol. The molecule has 0 saturated carbocycles. The van der Waals surface area contributed by atoms with Gasteiger partial charge in [-0.3, -0.25) is 4.79 Å². The van der Waals surface area contributed by atoms with Crippen molar-refractivity contribution in [2.45, 2.75) is 51.7 Å². The van der Waals surface area contributed by atoms with Crippen molar-refractivity contribution >= 4 is 17.4 Å². The van der Waals surface area contributed by atoms with Crippen LogP contribution < -0.4 is 4.74 Å². The van der Waals surface area contributed by atoms with Gasteiger partial charge in [-0.25, -0.2) is 0 Å². The minimum absolute atomic E-state index is 0.0254. The number of nitrogens with zero attached hydrogens (tertiary/aromatic N) is 1. The predicted molar refractivity (Wildman–Crippen MR) is 151 cm³/mol. The molecule has 1 saturated heterocycles. The van der Waals surface area contributed by atoms with Crippen LogP contribution in [0.3, 0.4) is 0 Å². The second kappa shape index (κ2) is 14.3. The molecule has 0 bridgehead atoms. The van der Waals surface area contributed by atoms with Gasteiger partial charge in [0, 0.05) is 22.7 Å². The highest BCUT2D eigenvalue weighted by Crippen LogP contribution is 2.23. The van der Waals surface area contributed by atoms with Gasteiger partial charge < -0.3 is 14.4 Å². The summed E-state index contributed by atoms with van der Waals surface area (Å²) in [6.45, 7) is 6.73. The number of unbranched alkanes of at least 4 members (excludes halogenated alkanes) is 1. The van der Waals surface area contributed by atoms with E-state index < -0.39 is 0 Å². The van der Waals surface area contributed by atoms with Gasteiger partial charge >= 0.3 is 0 Å². The van der Waals surface area contributed by atoms with E-state index in [1.807, 2.05) is 30.3 Å². The maximum absolute atomic E-state index is 12.8. The van der Waals surface area contributed by atoms with Gasteiger partial charge in [0.25, 0.3) is 0 Å². The Morgan fingerprint density at radius 2 is 1.73 bits per heavy atom. The first-order valence-corrected chi connectivity index (χ1v) is 13.9. The highest BCUT2D eigenvalue weighted by Gasteiger charge is 2.23. The van der Waals surface area contributed by atoms with Crippen molar-refractivity contribution in [2.24, 2.45) is 5.92 Å². The number of benzene rings is 3. The summed E-state index contributed by atoms with van der Waals surface area (Å²) in [7, 11) is 0. The van der Waals surface area contributed by atoms with Crippen LogP contribution in [-0.2, 0) is 11.3 Å². The number of piperidine rings is 1. The third kappa shape index (κ3) is 8.70. The second-order valence-electron chi connectivity index (χ2n) is 9.98. The summed E-state index contributed by atoms with van der Waals surface area (Å²) in [5.41, 5.74) is 2.49. The molecule has 0 aliphatic carbocycles. The molecular formula is C32H38ClNO3. The number of carbonyl (C=O) groups excluding carboxylic acids is 1. The molecule has 1 aliphatic heterocycles. The van der Waals surface area contributed by atoms with E-state index in [0.717, 1.165) is 44.6 Å². The van der Waals surface area contributed by atoms with E-state index in [4.69, 9.17) is 21.1 Å². The number of rotatable bonds is 13. The number of ketones is 1. The molecule has 4 rings (SSSR count). The molecule has 3 aromatic rings. The third-order valence-electron chi connectivity index (χ3n) is 7.07. The summed E-state index contributed by atoms with van der Waals surface area (Å²) >= 11 is 5.95. The summed E-state index contributed by atoms with van der Waals surface area (Å²) < 4.78 is 12.5. The van der Waals surface area contributed by atoms with E-state index in [1.54, 1.807) is 24.3 Å². The molecule has 1 atom stereocenters. The Labute approximate surface area is 226 Å². The molecule has 0 unspecified atom stereocenters. The van der Waals surface area contributed by atoms with Crippen LogP contribution in [-0.4, -0.2) is 43.0 Å². The maximum Gasteiger partial charge on any atom is 0.193 e. The van der Waals surface area contributed by atoms with Crippen molar-refractivity contribution in [3.05, 3.63) is 101 Å². The van der Waals surface area contributed by atoms with E-state index in [1.165, 1.54) is 18.4 Å². The predicted octanol–water partition coefficient (Wildman–Crippen LogP) is 7.44. The normalized spacial score (nSPS) is 15.4. The van der Waals surface area contributed by atoms with Crippen LogP contribution in [0.25, 0.3) is 0 Å². The molecule has 3 aromatic carbocycles. The Morgan fingerprint density at radius 3 is 2.46 bits per heavy atom. The van der Waals surface area contributed by atoms with Gasteiger partial charge in [-0.1, -0.05) is 73.8 Å². The highest BCUT2D eigenvalue weighted by atomic mass is 35.5. The average molecular weight is 520 g/mol. The van der Waals surface area contributed by atoms with Crippen LogP contribution in [0, 0.1) is 5.92 Å². The fourth-order valence-electron chi connectivity index (χ4n) is 4.78. The SMILES string of the molecule is CCCC[C@@H](CN1CCC(COc2cccc(C(=O)c3ccc(Cl)cc3)c2)CC1)OCc1ccccc1. The van der Waals surface area contributed by atoms with Crippen molar-refractivity contribution in [3.8, 4) is 5.75 Å². The topological polar surface area (TPSA) is 38.8 Å². The zero-order valence-electron chi connectivity index (χ0n) is 21.8. The smallest absolute Gasteiger partial charge is 0.193 e. The van der Waals surface area contributed by atoms with E-state index >= 15 is 0 Å². The van der Waals surface area contributed by atoms with Crippen molar-refractivity contribution < 1.29 is 14.3 Å². The van der Waals surface area contributed by atoms with Crippen LogP contribution in [0.2, 0.25) is 5.02 Å². The Balaban J connectivity index is 1.22. The first kappa shape index (κ1) is 27.4. The van der Waals surface area contributed by atoms with Crippen LogP contribution in [0.4, 0.5) is 0 Å². The number of halogens is 1. The van der Waals surface area contributed by atoms with E-state index in [9.17, 15) is 4.79 Å². The zero-order valence-corrected chi connectivity index (χ0v) is 22.5. The standard InChI is InChI=1S/C32H38ClNO3/c1-2-3-11-31(37-23-25-8-5-4-6-9-25)22-34-19-17-26(18-20-34)24-36-30-12-7-10-28(21-30)32(35)27-13-15-29(33)16-14-27/h4-10,12-16,21,26,31H,2-3,11,17-20,22-24H2,1H3/t31-/m0/s1. The van der Waals surface area contributed by atoms with E-state index in [2.05, 4.69) is 36.1 Å². The van der Waals surface area contributed by atoms with E-state index in [0.29, 0.717) is 35.3 Å². The lowest BCUT2D eigenvalue weighted by molar-refractivity contribution is 0.000705. The third-order valence-corrected chi connectivity index (χ3v) is 7.32. The number of carbonyl (C=O) groups is 1. The Bertz CT molecular complexity index is 1090. The van der Waals surface area contributed by atoms with Gasteiger partial charge in [0.2, 0.25) is 0 Å². The second-order valence-corrected chi connectivity index (χ2v) is 10.4. The average Bonchev–Trinajstić information content (AvgIpc) is 2.95. The summed E-state index contributed by atoms with van der Waals surface area (Å²) in [6, 6.07) is 24.9. The molecule has 0 N–H and O–H groups in total. The van der Waals surface area contributed by atoms with Gasteiger partial charge in [-0.2, -0.15) is 0 Å². The molecule has 196 valence electrons. The molecule has 1 heterocycles. The van der Waals surface area contributed by atoms with Gasteiger partial charge in [0.1, 0.15) is 5.75 Å². The van der Waals surface area contributed by atoms with Crippen molar-refractivity contribution in [2.75, 3.05) is 26.2 Å². The lowest BCUT2D eigenvalue weighted by Crippen LogP contribution is -2.40. The number of hydrogen-bond acceptors (Lipinski definition) is 4. The first-order valence-electron chi connectivity index (χ1n) is 13.5. The first-order chi connectivity index (χ1) is 18.1. The molecule has 5 heteroatoms. The zero-order chi connectivity index (χ0) is 25.9. The van der Waals surface area contributed by atoms with Crippen LogP contribution in [0.5, 0.6) is 5.75 Å². The molecule has 0 amide bonds. The fraction of sp³-hybridized carbons (Fsp3) is 0.406. The Kier molecular flexibility index (Phi) is 10.6. The molecule has 1 fully saturated rings. The van der Waals surface area contributed by atoms with Gasteiger partial charge in [0.15, 0.2) is 5.78 Å². The minimum Gasteiger partial charge on any atom is -0.493 e. The molecule has 37 heavy (non-hydrogen) atoms. The van der Waals surface area contributed by atoms with Crippen molar-refractivity contribution in [1.29, 1.82) is 0 Å². The maximum atomic E-state index is 12.8. The van der Waals surface area contributed by atoms with E-state index in [-0.39, 0.29) is 11.9 Å². The number of hydrogen-bond donors (Lipinski definition) is 0. The van der Waals surface area contributed by atoms with Gasteiger partial charge in [-0.05, 0) is 80.2 Å². The van der Waals surface area contributed by atoms with Crippen LogP contribution in [0.15, 0.2) is 78.9 Å². The highest BCUT2D eigenvalue weighted by molar-refractivity contribution is 6.30. The Morgan fingerprint density at radius 1 is 0.973 bits per heavy atom. The van der Waals surface area contributed by atoms with Gasteiger partial charge in [-0.15, -0.1) is 0 Å². The molecular weight excluding hydrogens is 482 g/mol. The summed E-state index contributed by atoms with van der Waals surface area (Å²) in [5.74, 6) is 1.24. The minimum atomic E-state index is -0.0254. The quantitative estimate of drug-likeness (QED) is 0.220. The molecule has 0 aromatic heterocycles. The van der Waals surface area contributed by atoms with Crippen molar-refractivity contribution in [3.63, 3.8) is 0 Å². The Hall–Kier alpha value is -2.66. The van der Waals surface area contributed by atoms with Crippen LogP contribution in [0.1, 0.15) is 60.5 Å². The summed E-state index contributed by atoms with van der Waals surface area (Å²) in [6.07, 6.45) is 6.00. The van der Waals surface area contributed by atoms with Crippen LogP contribution >= 0.6 is 11.6 Å². The summed E-state index contributed by atoms with van der Waals surface area (Å²) in [5, 5.41) is 0.621. The van der Waals surface area contributed by atoms with Gasteiger partial charge in [0.05, 0.1) is 19.3 Å². The number of likely N-dealkylation sites (tertiary alicyclic amines) is 1. The fourth-order valence-corrected chi connectivity index (χ4v) is 4.91. The van der Waals surface area contributed by atoms with Crippen molar-refractivity contribution in [1.82, 2.24) is 4.90 Å². The molecule has 0 radical (unpaired) electrons. The number of ether oxygens (including phenoxy) is 2. The summed E-state index contributed by atoms with van der Waals surface area (Å²) in [4.78, 5) is 15.4. The molecule has 0 spiro atoms. The molecule has 4 nitrogen and oxygen atoms in total.